The molecule has 1 rings (SSSR count). The van der Waals surface area contributed by atoms with E-state index in [-0.39, 0.29) is 24.2 Å². The summed E-state index contributed by atoms with van der Waals surface area (Å²) in [5.74, 6) is 1.03. The molecule has 0 fully saturated rings. The van der Waals surface area contributed by atoms with Crippen LogP contribution in [0.2, 0.25) is 0 Å². The lowest BCUT2D eigenvalue weighted by molar-refractivity contribution is -0.123. The third-order valence-electron chi connectivity index (χ3n) is 3.64. The minimum atomic E-state index is -0.406. The number of benzene rings is 1. The Bertz CT molecular complexity index is 426. The molecule has 2 unspecified atom stereocenters. The first kappa shape index (κ1) is 19.7. The number of nitrogens with two attached hydrogens (primary N) is 1. The van der Waals surface area contributed by atoms with Crippen molar-refractivity contribution >= 4 is 18.3 Å². The summed E-state index contributed by atoms with van der Waals surface area (Å²) in [6.45, 7) is 4.70. The summed E-state index contributed by atoms with van der Waals surface area (Å²) in [6, 6.07) is 7.58. The van der Waals surface area contributed by atoms with E-state index in [4.69, 9.17) is 10.5 Å². The maximum atomic E-state index is 11.8. The standard InChI is InChI=1S/C16H26N2O2.ClH/c1-4-12(2)15(17)16(19)18-10-6-8-13-7-5-9-14(11-13)20-3;/h5,7,9,11-12,15H,4,6,8,10,17H2,1-3H3,(H,18,19);1H. The zero-order valence-electron chi connectivity index (χ0n) is 13.1. The van der Waals surface area contributed by atoms with Crippen LogP contribution in [-0.2, 0) is 11.2 Å². The highest BCUT2D eigenvalue weighted by Crippen LogP contribution is 2.13. The third-order valence-corrected chi connectivity index (χ3v) is 3.64. The molecule has 3 N–H and O–H groups in total. The van der Waals surface area contributed by atoms with Crippen molar-refractivity contribution in [2.45, 2.75) is 39.2 Å². The van der Waals surface area contributed by atoms with E-state index < -0.39 is 6.04 Å². The van der Waals surface area contributed by atoms with E-state index >= 15 is 0 Å². The lowest BCUT2D eigenvalue weighted by Crippen LogP contribution is -2.44. The Hall–Kier alpha value is -1.26. The van der Waals surface area contributed by atoms with Crippen LogP contribution in [-0.4, -0.2) is 25.6 Å². The fourth-order valence-electron chi connectivity index (χ4n) is 1.96. The number of ether oxygens (including phenoxy) is 1. The van der Waals surface area contributed by atoms with Crippen LogP contribution < -0.4 is 15.8 Å². The van der Waals surface area contributed by atoms with E-state index in [1.54, 1.807) is 7.11 Å². The molecule has 0 aliphatic heterocycles. The number of carbonyl (C=O) groups is 1. The van der Waals surface area contributed by atoms with Gasteiger partial charge in [-0.1, -0.05) is 32.4 Å². The SMILES string of the molecule is CCC(C)C(N)C(=O)NCCCc1cccc(OC)c1.Cl. The molecule has 0 saturated carbocycles. The Labute approximate surface area is 133 Å². The van der Waals surface area contributed by atoms with Gasteiger partial charge in [-0.2, -0.15) is 0 Å². The smallest absolute Gasteiger partial charge is 0.237 e. The molecule has 0 bridgehead atoms. The van der Waals surface area contributed by atoms with Crippen molar-refractivity contribution in [3.63, 3.8) is 0 Å². The average molecular weight is 315 g/mol. The second-order valence-electron chi connectivity index (χ2n) is 5.16. The molecule has 0 heterocycles. The Morgan fingerprint density at radius 2 is 2.14 bits per heavy atom. The van der Waals surface area contributed by atoms with Gasteiger partial charge in [-0.3, -0.25) is 4.79 Å². The summed E-state index contributed by atoms with van der Waals surface area (Å²) < 4.78 is 5.18. The van der Waals surface area contributed by atoms with Gasteiger partial charge >= 0.3 is 0 Å². The van der Waals surface area contributed by atoms with E-state index in [9.17, 15) is 4.79 Å². The zero-order chi connectivity index (χ0) is 15.0. The Morgan fingerprint density at radius 3 is 2.76 bits per heavy atom. The Balaban J connectivity index is 0.00000400. The lowest BCUT2D eigenvalue weighted by atomic mass is 9.99. The van der Waals surface area contributed by atoms with E-state index in [0.717, 1.165) is 25.0 Å². The zero-order valence-corrected chi connectivity index (χ0v) is 13.9. The molecule has 2 atom stereocenters. The van der Waals surface area contributed by atoms with E-state index in [2.05, 4.69) is 11.4 Å². The largest absolute Gasteiger partial charge is 0.497 e. The second kappa shape index (κ2) is 10.5. The summed E-state index contributed by atoms with van der Waals surface area (Å²) in [6.07, 6.45) is 2.72. The number of hydrogen-bond acceptors (Lipinski definition) is 3. The van der Waals surface area contributed by atoms with Crippen molar-refractivity contribution in [2.75, 3.05) is 13.7 Å². The molecule has 5 heteroatoms. The molecule has 4 nitrogen and oxygen atoms in total. The highest BCUT2D eigenvalue weighted by Gasteiger charge is 2.18. The number of methoxy groups -OCH3 is 1. The van der Waals surface area contributed by atoms with Crippen LogP contribution in [0, 0.1) is 5.92 Å². The molecule has 0 aromatic heterocycles. The van der Waals surface area contributed by atoms with Gasteiger partial charge in [0.15, 0.2) is 0 Å². The van der Waals surface area contributed by atoms with E-state index in [1.165, 1.54) is 5.56 Å². The highest BCUT2D eigenvalue weighted by atomic mass is 35.5. The highest BCUT2D eigenvalue weighted by molar-refractivity contribution is 5.85. The number of hydrogen-bond donors (Lipinski definition) is 2. The number of halogens is 1. The van der Waals surface area contributed by atoms with Crippen LogP contribution in [0.1, 0.15) is 32.3 Å². The molecule has 1 amide bonds. The summed E-state index contributed by atoms with van der Waals surface area (Å²) in [4.78, 5) is 11.8. The van der Waals surface area contributed by atoms with Crippen LogP contribution in [0.15, 0.2) is 24.3 Å². The quantitative estimate of drug-likeness (QED) is 0.725. The van der Waals surface area contributed by atoms with E-state index in [1.807, 2.05) is 32.0 Å². The first-order valence-electron chi connectivity index (χ1n) is 7.24. The van der Waals surface area contributed by atoms with Gasteiger partial charge in [-0.15, -0.1) is 12.4 Å². The third kappa shape index (κ3) is 6.82. The van der Waals surface area contributed by atoms with Crippen molar-refractivity contribution in [2.24, 2.45) is 11.7 Å². The van der Waals surface area contributed by atoms with Gasteiger partial charge in [-0.25, -0.2) is 0 Å². The molecule has 21 heavy (non-hydrogen) atoms. The van der Waals surface area contributed by atoms with Gasteiger partial charge in [-0.05, 0) is 36.5 Å². The van der Waals surface area contributed by atoms with Gasteiger partial charge in [0.25, 0.3) is 0 Å². The first-order valence-corrected chi connectivity index (χ1v) is 7.24. The molecule has 1 aromatic carbocycles. The van der Waals surface area contributed by atoms with Crippen LogP contribution in [0.3, 0.4) is 0 Å². The molecular weight excluding hydrogens is 288 g/mol. The van der Waals surface area contributed by atoms with Crippen molar-refractivity contribution in [3.05, 3.63) is 29.8 Å². The number of rotatable bonds is 8. The van der Waals surface area contributed by atoms with Crippen LogP contribution in [0.25, 0.3) is 0 Å². The fourth-order valence-corrected chi connectivity index (χ4v) is 1.96. The van der Waals surface area contributed by atoms with Gasteiger partial charge in [0.05, 0.1) is 13.2 Å². The monoisotopic (exact) mass is 314 g/mol. The summed E-state index contributed by atoms with van der Waals surface area (Å²) in [7, 11) is 1.66. The van der Waals surface area contributed by atoms with Gasteiger partial charge < -0.3 is 15.8 Å². The van der Waals surface area contributed by atoms with Crippen molar-refractivity contribution in [1.82, 2.24) is 5.32 Å². The van der Waals surface area contributed by atoms with Crippen molar-refractivity contribution in [3.8, 4) is 5.75 Å². The normalized spacial score (nSPS) is 13.0. The topological polar surface area (TPSA) is 64.4 Å². The van der Waals surface area contributed by atoms with Crippen LogP contribution in [0.4, 0.5) is 0 Å². The number of nitrogens with one attached hydrogen (secondary N) is 1. The van der Waals surface area contributed by atoms with Gasteiger partial charge in [0.2, 0.25) is 5.91 Å². The fraction of sp³-hybridized carbons (Fsp3) is 0.562. The number of aryl methyl sites for hydroxylation is 1. The molecule has 0 radical (unpaired) electrons. The van der Waals surface area contributed by atoms with Crippen molar-refractivity contribution in [1.29, 1.82) is 0 Å². The Kier molecular flexibility index (Phi) is 9.84. The Morgan fingerprint density at radius 1 is 1.43 bits per heavy atom. The molecule has 0 saturated heterocycles. The average Bonchev–Trinajstić information content (AvgIpc) is 2.49. The summed E-state index contributed by atoms with van der Waals surface area (Å²) in [5.41, 5.74) is 7.09. The van der Waals surface area contributed by atoms with E-state index in [0.29, 0.717) is 6.54 Å². The van der Waals surface area contributed by atoms with Crippen LogP contribution >= 0.6 is 12.4 Å². The minimum Gasteiger partial charge on any atom is -0.497 e. The molecule has 0 aliphatic carbocycles. The maximum absolute atomic E-state index is 11.8. The predicted octanol–water partition coefficient (Wildman–Crippen LogP) is 2.54. The lowest BCUT2D eigenvalue weighted by Gasteiger charge is -2.17. The molecule has 0 spiro atoms. The number of carbonyl (C=O) groups excluding carboxylic acids is 1. The predicted molar refractivity (Wildman–Crippen MR) is 89.0 cm³/mol. The maximum Gasteiger partial charge on any atom is 0.237 e. The minimum absolute atomic E-state index is 0. The number of amides is 1. The van der Waals surface area contributed by atoms with Gasteiger partial charge in [0, 0.05) is 6.54 Å². The van der Waals surface area contributed by atoms with Crippen LogP contribution in [0.5, 0.6) is 5.75 Å². The summed E-state index contributed by atoms with van der Waals surface area (Å²) in [5, 5.41) is 2.90. The molecule has 1 aromatic rings. The molecular formula is C16H27ClN2O2. The van der Waals surface area contributed by atoms with Crippen molar-refractivity contribution < 1.29 is 9.53 Å². The molecule has 0 aliphatic rings. The molecule has 120 valence electrons. The van der Waals surface area contributed by atoms with Gasteiger partial charge in [0.1, 0.15) is 5.75 Å². The first-order chi connectivity index (χ1) is 9.58. The summed E-state index contributed by atoms with van der Waals surface area (Å²) >= 11 is 0. The second-order valence-corrected chi connectivity index (χ2v) is 5.16.